The van der Waals surface area contributed by atoms with Crippen LogP contribution in [-0.4, -0.2) is 20.1 Å². The van der Waals surface area contributed by atoms with Crippen LogP contribution in [0, 0.1) is 0 Å². The van der Waals surface area contributed by atoms with Crippen LogP contribution in [0.2, 0.25) is 5.02 Å². The van der Waals surface area contributed by atoms with Crippen molar-refractivity contribution in [2.75, 3.05) is 19.0 Å². The van der Waals surface area contributed by atoms with Gasteiger partial charge in [-0.2, -0.15) is 0 Å². The van der Waals surface area contributed by atoms with Gasteiger partial charge in [0, 0.05) is 19.6 Å². The van der Waals surface area contributed by atoms with Crippen molar-refractivity contribution in [2.45, 2.75) is 51.1 Å². The molecule has 1 aromatic rings. The Bertz CT molecular complexity index is 398. The van der Waals surface area contributed by atoms with Gasteiger partial charge in [0.25, 0.3) is 0 Å². The second kappa shape index (κ2) is 7.16. The zero-order valence-electron chi connectivity index (χ0n) is 12.1. The highest BCUT2D eigenvalue weighted by atomic mass is 35.5. The van der Waals surface area contributed by atoms with Crippen molar-refractivity contribution in [3.63, 3.8) is 0 Å². The maximum absolute atomic E-state index is 6.45. The Balaban J connectivity index is 2.23. The molecule has 0 bridgehead atoms. The Morgan fingerprint density at radius 2 is 1.89 bits per heavy atom. The van der Waals surface area contributed by atoms with Gasteiger partial charge in [-0.3, -0.25) is 0 Å². The van der Waals surface area contributed by atoms with E-state index >= 15 is 0 Å². The molecule has 0 saturated heterocycles. The lowest BCUT2D eigenvalue weighted by Gasteiger charge is -2.32. The summed E-state index contributed by atoms with van der Waals surface area (Å²) in [7, 11) is 4.19. The Labute approximate surface area is 122 Å². The summed E-state index contributed by atoms with van der Waals surface area (Å²) in [6.45, 7) is 0.868. The molecule has 0 spiro atoms. The fraction of sp³-hybridized carbons (Fsp3) is 0.625. The van der Waals surface area contributed by atoms with E-state index in [0.717, 1.165) is 11.6 Å². The van der Waals surface area contributed by atoms with Gasteiger partial charge < -0.3 is 10.2 Å². The average Bonchev–Trinajstić information content (AvgIpc) is 2.67. The fourth-order valence-electron chi connectivity index (χ4n) is 3.12. The molecule has 2 nitrogen and oxygen atoms in total. The maximum Gasteiger partial charge on any atom is 0.0642 e. The van der Waals surface area contributed by atoms with E-state index < -0.39 is 0 Å². The normalized spacial score (nSPS) is 17.2. The minimum atomic E-state index is 0.637. The predicted octanol–water partition coefficient (Wildman–Crippen LogP) is 4.22. The zero-order chi connectivity index (χ0) is 13.7. The molecule has 1 aliphatic carbocycles. The largest absolute Gasteiger partial charge is 0.370 e. The lowest BCUT2D eigenvalue weighted by molar-refractivity contribution is 0.551. The summed E-state index contributed by atoms with van der Waals surface area (Å²) >= 11 is 6.45. The van der Waals surface area contributed by atoms with Crippen molar-refractivity contribution in [3.05, 3.63) is 28.8 Å². The van der Waals surface area contributed by atoms with Crippen LogP contribution in [0.15, 0.2) is 18.2 Å². The molecule has 106 valence electrons. The molecule has 3 heteroatoms. The topological polar surface area (TPSA) is 15.3 Å². The first kappa shape index (κ1) is 14.7. The van der Waals surface area contributed by atoms with Crippen LogP contribution in [-0.2, 0) is 6.54 Å². The highest BCUT2D eigenvalue weighted by Gasteiger charge is 2.20. The van der Waals surface area contributed by atoms with E-state index in [-0.39, 0.29) is 0 Å². The monoisotopic (exact) mass is 280 g/mol. The summed E-state index contributed by atoms with van der Waals surface area (Å²) in [4.78, 5) is 2.42. The van der Waals surface area contributed by atoms with Crippen molar-refractivity contribution in [1.29, 1.82) is 0 Å². The number of benzene rings is 1. The number of hydrogen-bond acceptors (Lipinski definition) is 2. The second-order valence-electron chi connectivity index (χ2n) is 5.53. The third kappa shape index (κ3) is 3.64. The number of rotatable bonds is 4. The van der Waals surface area contributed by atoms with E-state index in [1.54, 1.807) is 0 Å². The van der Waals surface area contributed by atoms with Crippen LogP contribution in [0.1, 0.15) is 44.1 Å². The van der Waals surface area contributed by atoms with Crippen molar-refractivity contribution in [2.24, 2.45) is 0 Å². The maximum atomic E-state index is 6.45. The summed E-state index contributed by atoms with van der Waals surface area (Å²) in [6, 6.07) is 6.85. The lowest BCUT2D eigenvalue weighted by Crippen LogP contribution is -2.32. The van der Waals surface area contributed by atoms with E-state index in [4.69, 9.17) is 11.6 Å². The minimum absolute atomic E-state index is 0.637. The molecule has 1 aromatic carbocycles. The smallest absolute Gasteiger partial charge is 0.0642 e. The van der Waals surface area contributed by atoms with Gasteiger partial charge in [-0.05, 0) is 31.5 Å². The van der Waals surface area contributed by atoms with E-state index in [1.165, 1.54) is 49.8 Å². The minimum Gasteiger partial charge on any atom is -0.370 e. The summed E-state index contributed by atoms with van der Waals surface area (Å²) in [5, 5.41) is 4.11. The molecular weight excluding hydrogens is 256 g/mol. The molecule has 1 aliphatic rings. The zero-order valence-corrected chi connectivity index (χ0v) is 12.8. The van der Waals surface area contributed by atoms with Crippen LogP contribution in [0.25, 0.3) is 0 Å². The van der Waals surface area contributed by atoms with Crippen LogP contribution < -0.4 is 10.2 Å². The quantitative estimate of drug-likeness (QED) is 0.831. The molecule has 1 N–H and O–H groups in total. The lowest BCUT2D eigenvalue weighted by atomic mass is 10.0. The first-order valence-corrected chi connectivity index (χ1v) is 7.76. The molecular formula is C16H25ClN2. The number of para-hydroxylation sites is 1. The predicted molar refractivity (Wildman–Crippen MR) is 84.1 cm³/mol. The third-order valence-corrected chi connectivity index (χ3v) is 4.47. The summed E-state index contributed by atoms with van der Waals surface area (Å²) < 4.78 is 0. The van der Waals surface area contributed by atoms with Gasteiger partial charge in [-0.25, -0.2) is 0 Å². The van der Waals surface area contributed by atoms with Gasteiger partial charge in [0.05, 0.1) is 10.7 Å². The SMILES string of the molecule is CNCc1cccc(Cl)c1N(C)C1CCCCCC1. The standard InChI is InChI=1S/C16H25ClN2/c1-18-12-13-8-7-11-15(17)16(13)19(2)14-9-5-3-4-6-10-14/h7-8,11,14,18H,3-6,9-10,12H2,1-2H3. The van der Waals surface area contributed by atoms with Gasteiger partial charge in [-0.1, -0.05) is 49.4 Å². The number of anilines is 1. The highest BCUT2D eigenvalue weighted by molar-refractivity contribution is 6.33. The fourth-order valence-corrected chi connectivity index (χ4v) is 3.44. The molecule has 2 rings (SSSR count). The number of nitrogens with one attached hydrogen (secondary N) is 1. The van der Waals surface area contributed by atoms with E-state index in [9.17, 15) is 0 Å². The van der Waals surface area contributed by atoms with Crippen LogP contribution >= 0.6 is 11.6 Å². The highest BCUT2D eigenvalue weighted by Crippen LogP contribution is 2.33. The molecule has 0 atom stereocenters. The van der Waals surface area contributed by atoms with E-state index in [2.05, 4.69) is 23.3 Å². The van der Waals surface area contributed by atoms with Gasteiger partial charge in [0.2, 0.25) is 0 Å². The molecule has 0 unspecified atom stereocenters. The molecule has 0 aromatic heterocycles. The molecule has 0 radical (unpaired) electrons. The van der Waals surface area contributed by atoms with E-state index in [0.29, 0.717) is 6.04 Å². The third-order valence-electron chi connectivity index (χ3n) is 4.16. The number of hydrogen-bond donors (Lipinski definition) is 1. The first-order valence-electron chi connectivity index (χ1n) is 7.39. The van der Waals surface area contributed by atoms with Crippen molar-refractivity contribution in [1.82, 2.24) is 5.32 Å². The Morgan fingerprint density at radius 3 is 2.53 bits per heavy atom. The summed E-state index contributed by atoms with van der Waals surface area (Å²) in [6.07, 6.45) is 8.05. The first-order chi connectivity index (χ1) is 9.24. The Kier molecular flexibility index (Phi) is 5.53. The number of nitrogens with zero attached hydrogens (tertiary/aromatic N) is 1. The van der Waals surface area contributed by atoms with Crippen molar-refractivity contribution < 1.29 is 0 Å². The average molecular weight is 281 g/mol. The van der Waals surface area contributed by atoms with E-state index in [1.807, 2.05) is 19.2 Å². The van der Waals surface area contributed by atoms with Gasteiger partial charge in [0.15, 0.2) is 0 Å². The van der Waals surface area contributed by atoms with Crippen LogP contribution in [0.4, 0.5) is 5.69 Å². The molecule has 19 heavy (non-hydrogen) atoms. The van der Waals surface area contributed by atoms with Crippen LogP contribution in [0.3, 0.4) is 0 Å². The summed E-state index contributed by atoms with van der Waals surface area (Å²) in [5.41, 5.74) is 2.51. The van der Waals surface area contributed by atoms with Crippen molar-refractivity contribution >= 4 is 17.3 Å². The van der Waals surface area contributed by atoms with Crippen molar-refractivity contribution in [3.8, 4) is 0 Å². The molecule has 0 heterocycles. The van der Waals surface area contributed by atoms with Gasteiger partial charge in [0.1, 0.15) is 0 Å². The molecule has 0 amide bonds. The van der Waals surface area contributed by atoms with Gasteiger partial charge >= 0.3 is 0 Å². The molecule has 1 saturated carbocycles. The Hall–Kier alpha value is -0.730. The van der Waals surface area contributed by atoms with Gasteiger partial charge in [-0.15, -0.1) is 0 Å². The number of halogens is 1. The summed E-state index contributed by atoms with van der Waals surface area (Å²) in [5.74, 6) is 0. The second-order valence-corrected chi connectivity index (χ2v) is 5.94. The molecule has 1 fully saturated rings. The van der Waals surface area contributed by atoms with Crippen LogP contribution in [0.5, 0.6) is 0 Å². The Morgan fingerprint density at radius 1 is 1.21 bits per heavy atom. The molecule has 0 aliphatic heterocycles.